The summed E-state index contributed by atoms with van der Waals surface area (Å²) in [6, 6.07) is 6.67. The van der Waals surface area contributed by atoms with Crippen LogP contribution in [0.4, 0.5) is 0 Å². The summed E-state index contributed by atoms with van der Waals surface area (Å²) >= 11 is 0. The van der Waals surface area contributed by atoms with Crippen molar-refractivity contribution in [2.24, 2.45) is 5.73 Å². The molecular weight excluding hydrogens is 250 g/mol. The number of aromatic amines is 1. The van der Waals surface area contributed by atoms with Crippen LogP contribution in [0.25, 0.3) is 10.9 Å². The fourth-order valence-electron chi connectivity index (χ4n) is 3.18. The third-order valence-corrected chi connectivity index (χ3v) is 4.04. The van der Waals surface area contributed by atoms with Gasteiger partial charge in [0, 0.05) is 34.2 Å². The van der Waals surface area contributed by atoms with Crippen molar-refractivity contribution in [2.45, 2.75) is 45.2 Å². The molecule has 0 saturated heterocycles. The Bertz CT molecular complexity index is 657. The van der Waals surface area contributed by atoms with Gasteiger partial charge in [-0.3, -0.25) is 4.79 Å². The van der Waals surface area contributed by atoms with Gasteiger partial charge in [0.05, 0.1) is 0 Å². The lowest BCUT2D eigenvalue weighted by atomic mass is 9.90. The van der Waals surface area contributed by atoms with Gasteiger partial charge in [-0.25, -0.2) is 0 Å². The van der Waals surface area contributed by atoms with Crippen LogP contribution in [0.15, 0.2) is 18.2 Å². The molecule has 0 radical (unpaired) electrons. The summed E-state index contributed by atoms with van der Waals surface area (Å²) in [5.41, 5.74) is 9.71. The summed E-state index contributed by atoms with van der Waals surface area (Å²) in [4.78, 5) is 14.8. The van der Waals surface area contributed by atoms with Crippen LogP contribution in [0.3, 0.4) is 0 Å². The molecule has 0 bridgehead atoms. The maximum Gasteiger partial charge on any atom is 0.248 e. The zero-order valence-corrected chi connectivity index (χ0v) is 12.0. The van der Waals surface area contributed by atoms with E-state index in [1.54, 1.807) is 6.07 Å². The Balaban J connectivity index is 2.00. The van der Waals surface area contributed by atoms with Crippen LogP contribution in [0, 0.1) is 0 Å². The van der Waals surface area contributed by atoms with Crippen molar-refractivity contribution >= 4 is 16.8 Å². The Morgan fingerprint density at radius 2 is 2.25 bits per heavy atom. The second kappa shape index (κ2) is 4.94. The molecule has 1 amide bonds. The summed E-state index contributed by atoms with van der Waals surface area (Å²) in [6.07, 6.45) is 3.22. The number of carbonyl (C=O) groups is 1. The number of benzene rings is 1. The molecule has 0 saturated carbocycles. The lowest BCUT2D eigenvalue weighted by Gasteiger charge is -2.25. The highest BCUT2D eigenvalue weighted by atomic mass is 16.1. The topological polar surface area (TPSA) is 70.9 Å². The van der Waals surface area contributed by atoms with E-state index in [1.165, 1.54) is 11.3 Å². The van der Waals surface area contributed by atoms with Crippen LogP contribution in [0.2, 0.25) is 0 Å². The third-order valence-electron chi connectivity index (χ3n) is 4.04. The molecule has 20 heavy (non-hydrogen) atoms. The number of rotatable bonds is 3. The van der Waals surface area contributed by atoms with Crippen LogP contribution in [0.1, 0.15) is 41.9 Å². The first-order chi connectivity index (χ1) is 9.54. The van der Waals surface area contributed by atoms with E-state index in [9.17, 15) is 4.79 Å². The van der Waals surface area contributed by atoms with Crippen molar-refractivity contribution < 1.29 is 4.79 Å². The minimum Gasteiger partial charge on any atom is -0.366 e. The van der Waals surface area contributed by atoms with Crippen molar-refractivity contribution in [3.05, 3.63) is 35.0 Å². The van der Waals surface area contributed by atoms with Gasteiger partial charge in [-0.15, -0.1) is 0 Å². The first-order valence-corrected chi connectivity index (χ1v) is 7.24. The van der Waals surface area contributed by atoms with E-state index < -0.39 is 0 Å². The number of hydrogen-bond donors (Lipinski definition) is 3. The predicted molar refractivity (Wildman–Crippen MR) is 80.9 cm³/mol. The summed E-state index contributed by atoms with van der Waals surface area (Å²) in [7, 11) is 0. The Labute approximate surface area is 118 Å². The van der Waals surface area contributed by atoms with E-state index in [4.69, 9.17) is 5.73 Å². The van der Waals surface area contributed by atoms with E-state index in [0.29, 0.717) is 17.6 Å². The molecule has 0 aliphatic heterocycles. The zero-order chi connectivity index (χ0) is 14.3. The lowest BCUT2D eigenvalue weighted by Crippen LogP contribution is -2.38. The fourth-order valence-corrected chi connectivity index (χ4v) is 3.18. The van der Waals surface area contributed by atoms with Gasteiger partial charge >= 0.3 is 0 Å². The van der Waals surface area contributed by atoms with Gasteiger partial charge in [0.2, 0.25) is 5.91 Å². The second-order valence-corrected chi connectivity index (χ2v) is 5.97. The molecule has 4 heteroatoms. The number of carbonyl (C=O) groups excluding carboxylic acids is 1. The lowest BCUT2D eigenvalue weighted by molar-refractivity contribution is 0.100. The molecule has 1 aliphatic carbocycles. The minimum atomic E-state index is -0.366. The van der Waals surface area contributed by atoms with Gasteiger partial charge in [-0.2, -0.15) is 0 Å². The SMILES string of the molecule is CC(C)NC1CCc2[nH]c3ccc(C(N)=O)cc3c2C1. The molecule has 1 unspecified atom stereocenters. The van der Waals surface area contributed by atoms with Crippen LogP contribution in [-0.2, 0) is 12.8 Å². The highest BCUT2D eigenvalue weighted by Gasteiger charge is 2.23. The second-order valence-electron chi connectivity index (χ2n) is 5.97. The van der Waals surface area contributed by atoms with Gasteiger partial charge in [0.1, 0.15) is 0 Å². The quantitative estimate of drug-likeness (QED) is 0.800. The average molecular weight is 271 g/mol. The number of aryl methyl sites for hydroxylation is 1. The van der Waals surface area contributed by atoms with Crippen molar-refractivity contribution in [1.29, 1.82) is 0 Å². The van der Waals surface area contributed by atoms with E-state index in [0.717, 1.165) is 30.2 Å². The predicted octanol–water partition coefficient (Wildman–Crippen LogP) is 2.12. The largest absolute Gasteiger partial charge is 0.366 e. The zero-order valence-electron chi connectivity index (χ0n) is 12.0. The molecular formula is C16H21N3O. The molecule has 4 nitrogen and oxygen atoms in total. The first kappa shape index (κ1) is 13.2. The maximum absolute atomic E-state index is 11.3. The smallest absolute Gasteiger partial charge is 0.248 e. The van der Waals surface area contributed by atoms with Gasteiger partial charge in [0.15, 0.2) is 0 Å². The summed E-state index contributed by atoms with van der Waals surface area (Å²) in [5.74, 6) is -0.366. The molecule has 0 fully saturated rings. The first-order valence-electron chi connectivity index (χ1n) is 7.24. The van der Waals surface area contributed by atoms with Crippen molar-refractivity contribution in [2.75, 3.05) is 0 Å². The van der Waals surface area contributed by atoms with E-state index in [2.05, 4.69) is 24.1 Å². The number of primary amides is 1. The molecule has 1 aliphatic rings. The molecule has 4 N–H and O–H groups in total. The van der Waals surface area contributed by atoms with Gasteiger partial charge in [-0.1, -0.05) is 13.8 Å². The molecule has 1 aromatic carbocycles. The highest BCUT2D eigenvalue weighted by molar-refractivity contribution is 5.98. The normalized spacial score (nSPS) is 18.4. The molecule has 2 aromatic rings. The number of amides is 1. The van der Waals surface area contributed by atoms with Crippen LogP contribution in [0.5, 0.6) is 0 Å². The number of aromatic nitrogens is 1. The fraction of sp³-hybridized carbons (Fsp3) is 0.438. The van der Waals surface area contributed by atoms with Crippen molar-refractivity contribution in [1.82, 2.24) is 10.3 Å². The van der Waals surface area contributed by atoms with Crippen LogP contribution < -0.4 is 11.1 Å². The summed E-state index contributed by atoms with van der Waals surface area (Å²) in [6.45, 7) is 4.35. The summed E-state index contributed by atoms with van der Waals surface area (Å²) in [5, 5.41) is 4.75. The Hall–Kier alpha value is -1.81. The van der Waals surface area contributed by atoms with E-state index in [-0.39, 0.29) is 5.91 Å². The van der Waals surface area contributed by atoms with Crippen molar-refractivity contribution in [3.63, 3.8) is 0 Å². The molecule has 1 atom stereocenters. The maximum atomic E-state index is 11.3. The van der Waals surface area contributed by atoms with Crippen LogP contribution in [-0.4, -0.2) is 23.0 Å². The number of H-pyrrole nitrogens is 1. The van der Waals surface area contributed by atoms with Crippen LogP contribution >= 0.6 is 0 Å². The molecule has 3 rings (SSSR count). The standard InChI is InChI=1S/C16H21N3O/c1-9(2)18-11-4-6-15-13(8-11)12-7-10(16(17)20)3-5-14(12)19-15/h3,5,7,9,11,18-19H,4,6,8H2,1-2H3,(H2,17,20). The van der Waals surface area contributed by atoms with E-state index >= 15 is 0 Å². The number of fused-ring (bicyclic) bond motifs is 3. The van der Waals surface area contributed by atoms with Crippen molar-refractivity contribution in [3.8, 4) is 0 Å². The monoisotopic (exact) mass is 271 g/mol. The number of nitrogens with two attached hydrogens (primary N) is 1. The molecule has 1 heterocycles. The Morgan fingerprint density at radius 1 is 1.45 bits per heavy atom. The molecule has 1 aromatic heterocycles. The van der Waals surface area contributed by atoms with Gasteiger partial charge in [0.25, 0.3) is 0 Å². The highest BCUT2D eigenvalue weighted by Crippen LogP contribution is 2.30. The summed E-state index contributed by atoms with van der Waals surface area (Å²) < 4.78 is 0. The third kappa shape index (κ3) is 2.31. The number of nitrogens with one attached hydrogen (secondary N) is 2. The molecule has 106 valence electrons. The number of hydrogen-bond acceptors (Lipinski definition) is 2. The van der Waals surface area contributed by atoms with Gasteiger partial charge in [-0.05, 0) is 43.0 Å². The molecule has 0 spiro atoms. The van der Waals surface area contributed by atoms with E-state index in [1.807, 2.05) is 12.1 Å². The Kier molecular flexibility index (Phi) is 3.26. The average Bonchev–Trinajstić information content (AvgIpc) is 2.75. The Morgan fingerprint density at radius 3 is 2.95 bits per heavy atom. The van der Waals surface area contributed by atoms with Gasteiger partial charge < -0.3 is 16.0 Å². The minimum absolute atomic E-state index is 0.366.